The van der Waals surface area contributed by atoms with Gasteiger partial charge in [-0.3, -0.25) is 9.59 Å². The Hall–Kier alpha value is -3.21. The molecule has 3 rings (SSSR count). The van der Waals surface area contributed by atoms with Crippen molar-refractivity contribution in [3.8, 4) is 0 Å². The van der Waals surface area contributed by atoms with Gasteiger partial charge in [-0.2, -0.15) is 5.10 Å². The topological polar surface area (TPSA) is 55.2 Å². The van der Waals surface area contributed by atoms with Gasteiger partial charge in [-0.1, -0.05) is 48.0 Å². The summed E-state index contributed by atoms with van der Waals surface area (Å²) in [5.74, 6) is -0.218. The first-order valence-electron chi connectivity index (χ1n) is 9.01. The Morgan fingerprint density at radius 1 is 1.00 bits per heavy atom. The molecule has 1 heterocycles. The van der Waals surface area contributed by atoms with E-state index in [2.05, 4.69) is 5.10 Å². The second-order valence-electron chi connectivity index (χ2n) is 6.54. The van der Waals surface area contributed by atoms with E-state index in [0.29, 0.717) is 13.1 Å². The van der Waals surface area contributed by atoms with Crippen molar-refractivity contribution in [2.75, 3.05) is 11.4 Å². The Kier molecular flexibility index (Phi) is 5.50. The average molecular weight is 361 g/mol. The molecule has 5 heteroatoms. The van der Waals surface area contributed by atoms with E-state index >= 15 is 0 Å². The summed E-state index contributed by atoms with van der Waals surface area (Å²) in [4.78, 5) is 26.9. The van der Waals surface area contributed by atoms with E-state index in [-0.39, 0.29) is 17.2 Å². The van der Waals surface area contributed by atoms with Gasteiger partial charge in [0.1, 0.15) is 5.69 Å². The largest absolute Gasteiger partial charge is 0.307 e. The molecule has 0 aliphatic heterocycles. The number of carbonyl (C=O) groups is 1. The highest BCUT2D eigenvalue weighted by Crippen LogP contribution is 2.20. The van der Waals surface area contributed by atoms with Crippen molar-refractivity contribution in [3.05, 3.63) is 93.4 Å². The quantitative estimate of drug-likeness (QED) is 0.698. The molecule has 0 aliphatic carbocycles. The average Bonchev–Trinajstić information content (AvgIpc) is 2.67. The Morgan fingerprint density at radius 2 is 1.70 bits per heavy atom. The minimum atomic E-state index is -0.230. The Balaban J connectivity index is 1.92. The van der Waals surface area contributed by atoms with E-state index in [9.17, 15) is 9.59 Å². The molecular formula is C22H23N3O2. The number of hydrogen-bond donors (Lipinski definition) is 0. The Labute approximate surface area is 158 Å². The summed E-state index contributed by atoms with van der Waals surface area (Å²) in [7, 11) is 0. The number of aromatic nitrogens is 2. The molecule has 27 heavy (non-hydrogen) atoms. The molecule has 5 nitrogen and oxygen atoms in total. The van der Waals surface area contributed by atoms with Gasteiger partial charge in [0.05, 0.1) is 6.54 Å². The van der Waals surface area contributed by atoms with Gasteiger partial charge in [0, 0.05) is 18.3 Å². The number of hydrogen-bond acceptors (Lipinski definition) is 3. The highest BCUT2D eigenvalue weighted by atomic mass is 16.2. The Bertz CT molecular complexity index is 1010. The molecule has 0 spiro atoms. The predicted molar refractivity (Wildman–Crippen MR) is 107 cm³/mol. The van der Waals surface area contributed by atoms with Crippen LogP contribution in [0.1, 0.15) is 34.1 Å². The number of anilines is 1. The third-order valence-corrected chi connectivity index (χ3v) is 4.51. The van der Waals surface area contributed by atoms with Crippen LogP contribution in [0.4, 0.5) is 5.69 Å². The standard InChI is InChI=1S/C22H23N3O2/c1-4-24(20-8-6-5-7-17(20)3)22(27)19-13-14-21(26)25(23-19)15-18-11-9-16(2)10-12-18/h5-14H,4,15H2,1-3H3. The number of para-hydroxylation sites is 1. The predicted octanol–water partition coefficient (Wildman–Crippen LogP) is 3.58. The number of benzene rings is 2. The van der Waals surface area contributed by atoms with Crippen LogP contribution < -0.4 is 10.5 Å². The summed E-state index contributed by atoms with van der Waals surface area (Å²) in [6.45, 7) is 6.75. The van der Waals surface area contributed by atoms with E-state index in [1.807, 2.05) is 69.3 Å². The molecule has 1 aromatic heterocycles. The van der Waals surface area contributed by atoms with Gasteiger partial charge in [0.15, 0.2) is 0 Å². The number of nitrogens with zero attached hydrogens (tertiary/aromatic N) is 3. The van der Waals surface area contributed by atoms with Gasteiger partial charge < -0.3 is 4.90 Å². The molecule has 0 fully saturated rings. The first-order valence-corrected chi connectivity index (χ1v) is 9.01. The van der Waals surface area contributed by atoms with E-state index in [0.717, 1.165) is 22.4 Å². The molecule has 0 saturated carbocycles. The van der Waals surface area contributed by atoms with Gasteiger partial charge in [0.2, 0.25) is 0 Å². The van der Waals surface area contributed by atoms with Gasteiger partial charge in [-0.05, 0) is 44.0 Å². The fraction of sp³-hybridized carbons (Fsp3) is 0.227. The maximum atomic E-state index is 13.0. The second kappa shape index (κ2) is 7.99. The Morgan fingerprint density at radius 3 is 2.37 bits per heavy atom. The highest BCUT2D eigenvalue weighted by molar-refractivity contribution is 6.05. The monoisotopic (exact) mass is 361 g/mol. The van der Waals surface area contributed by atoms with Crippen molar-refractivity contribution in [3.63, 3.8) is 0 Å². The van der Waals surface area contributed by atoms with Crippen molar-refractivity contribution < 1.29 is 4.79 Å². The lowest BCUT2D eigenvalue weighted by Gasteiger charge is -2.22. The van der Waals surface area contributed by atoms with Crippen molar-refractivity contribution in [2.24, 2.45) is 0 Å². The minimum absolute atomic E-state index is 0.218. The molecule has 1 amide bonds. The molecule has 2 aromatic carbocycles. The number of amides is 1. The third kappa shape index (κ3) is 4.14. The van der Waals surface area contributed by atoms with Crippen LogP contribution in [0.15, 0.2) is 65.5 Å². The molecule has 0 bridgehead atoms. The van der Waals surface area contributed by atoms with Crippen LogP contribution in [0.3, 0.4) is 0 Å². The van der Waals surface area contributed by atoms with Gasteiger partial charge in [-0.15, -0.1) is 0 Å². The van der Waals surface area contributed by atoms with Gasteiger partial charge >= 0.3 is 0 Å². The zero-order valence-electron chi connectivity index (χ0n) is 15.8. The van der Waals surface area contributed by atoms with E-state index in [4.69, 9.17) is 0 Å². The molecule has 0 radical (unpaired) electrons. The lowest BCUT2D eigenvalue weighted by atomic mass is 10.1. The third-order valence-electron chi connectivity index (χ3n) is 4.51. The van der Waals surface area contributed by atoms with Crippen LogP contribution in [-0.4, -0.2) is 22.2 Å². The smallest absolute Gasteiger partial charge is 0.278 e. The molecule has 3 aromatic rings. The maximum Gasteiger partial charge on any atom is 0.278 e. The summed E-state index contributed by atoms with van der Waals surface area (Å²) < 4.78 is 1.34. The first-order chi connectivity index (χ1) is 13.0. The molecule has 138 valence electrons. The van der Waals surface area contributed by atoms with Crippen LogP contribution in [-0.2, 0) is 6.54 Å². The molecule has 0 aliphatic rings. The fourth-order valence-electron chi connectivity index (χ4n) is 2.97. The maximum absolute atomic E-state index is 13.0. The van der Waals surface area contributed by atoms with E-state index < -0.39 is 0 Å². The van der Waals surface area contributed by atoms with E-state index in [1.165, 1.54) is 16.8 Å². The molecule has 0 N–H and O–H groups in total. The summed E-state index contributed by atoms with van der Waals surface area (Å²) in [6, 6.07) is 18.5. The van der Waals surface area contributed by atoms with Gasteiger partial charge in [0.25, 0.3) is 11.5 Å². The zero-order chi connectivity index (χ0) is 19.4. The number of aryl methyl sites for hydroxylation is 2. The molecular weight excluding hydrogens is 338 g/mol. The van der Waals surface area contributed by atoms with Crippen molar-refractivity contribution in [2.45, 2.75) is 27.3 Å². The van der Waals surface area contributed by atoms with Crippen molar-refractivity contribution >= 4 is 11.6 Å². The molecule has 0 atom stereocenters. The number of rotatable bonds is 5. The van der Waals surface area contributed by atoms with Crippen LogP contribution in [0.5, 0.6) is 0 Å². The normalized spacial score (nSPS) is 10.6. The zero-order valence-corrected chi connectivity index (χ0v) is 15.8. The lowest BCUT2D eigenvalue weighted by molar-refractivity contribution is 0.0981. The first kappa shape index (κ1) is 18.6. The molecule has 0 unspecified atom stereocenters. The van der Waals surface area contributed by atoms with E-state index in [1.54, 1.807) is 4.90 Å². The van der Waals surface area contributed by atoms with Crippen LogP contribution in [0, 0.1) is 13.8 Å². The van der Waals surface area contributed by atoms with Crippen molar-refractivity contribution in [1.82, 2.24) is 9.78 Å². The highest BCUT2D eigenvalue weighted by Gasteiger charge is 2.19. The fourth-order valence-corrected chi connectivity index (χ4v) is 2.97. The minimum Gasteiger partial charge on any atom is -0.307 e. The van der Waals surface area contributed by atoms with Crippen LogP contribution in [0.2, 0.25) is 0 Å². The summed E-state index contributed by atoms with van der Waals surface area (Å²) in [5, 5.41) is 4.33. The summed E-state index contributed by atoms with van der Waals surface area (Å²) >= 11 is 0. The van der Waals surface area contributed by atoms with Crippen LogP contribution >= 0.6 is 0 Å². The summed E-state index contributed by atoms with van der Waals surface area (Å²) in [5.41, 5.74) is 4.01. The van der Waals surface area contributed by atoms with Gasteiger partial charge in [-0.25, -0.2) is 4.68 Å². The van der Waals surface area contributed by atoms with Crippen molar-refractivity contribution in [1.29, 1.82) is 0 Å². The molecule has 0 saturated heterocycles. The van der Waals surface area contributed by atoms with Crippen LogP contribution in [0.25, 0.3) is 0 Å². The SMILES string of the molecule is CCN(C(=O)c1ccc(=O)n(Cc2ccc(C)cc2)n1)c1ccccc1C. The second-order valence-corrected chi connectivity index (χ2v) is 6.54. The number of carbonyl (C=O) groups excluding carboxylic acids is 1. The lowest BCUT2D eigenvalue weighted by Crippen LogP contribution is -2.34. The summed E-state index contributed by atoms with van der Waals surface area (Å²) in [6.07, 6.45) is 0.